The highest BCUT2D eigenvalue weighted by atomic mass is 14.1. The maximum Gasteiger partial charge on any atom is -0.0127 e. The van der Waals surface area contributed by atoms with Crippen LogP contribution in [0, 0.1) is 0 Å². The van der Waals surface area contributed by atoms with Gasteiger partial charge >= 0.3 is 0 Å². The molecule has 0 heteroatoms. The summed E-state index contributed by atoms with van der Waals surface area (Å²) in [6, 6.07) is 10.8. The first-order chi connectivity index (χ1) is 8.38. The molecule has 0 aliphatic carbocycles. The number of hydrogen-bond acceptors (Lipinski definition) is 0. The van der Waals surface area contributed by atoms with Gasteiger partial charge in [-0.25, -0.2) is 0 Å². The summed E-state index contributed by atoms with van der Waals surface area (Å²) in [5, 5.41) is 0. The van der Waals surface area contributed by atoms with Gasteiger partial charge in [-0.05, 0) is 24.3 Å². The Hall–Kier alpha value is -1.56. The topological polar surface area (TPSA) is 0 Å². The SMILES string of the molecule is C=C/C=C\C=C/CC(CCC)c1ccccc1. The lowest BCUT2D eigenvalue weighted by Gasteiger charge is -2.14. The average Bonchev–Trinajstić information content (AvgIpc) is 2.38. The Kier molecular flexibility index (Phi) is 6.81. The minimum Gasteiger partial charge on any atom is -0.0991 e. The van der Waals surface area contributed by atoms with Gasteiger partial charge in [0.05, 0.1) is 0 Å². The van der Waals surface area contributed by atoms with E-state index >= 15 is 0 Å². The molecule has 0 amide bonds. The van der Waals surface area contributed by atoms with Crippen molar-refractivity contribution in [1.29, 1.82) is 0 Å². The van der Waals surface area contributed by atoms with E-state index in [9.17, 15) is 0 Å². The second kappa shape index (κ2) is 8.58. The third kappa shape index (κ3) is 5.35. The standard InChI is InChI=1S/C17H22/c1-3-5-6-7-9-13-16(12-4-2)17-14-10-8-11-15-17/h3,5-11,14-16H,1,4,12-13H2,2H3/b6-5-,9-7-. The number of hydrogen-bond donors (Lipinski definition) is 0. The summed E-state index contributed by atoms with van der Waals surface area (Å²) in [5.41, 5.74) is 1.45. The second-order valence-electron chi connectivity index (χ2n) is 4.18. The van der Waals surface area contributed by atoms with E-state index < -0.39 is 0 Å². The first-order valence-corrected chi connectivity index (χ1v) is 6.37. The van der Waals surface area contributed by atoms with Gasteiger partial charge in [-0.2, -0.15) is 0 Å². The van der Waals surface area contributed by atoms with Crippen molar-refractivity contribution in [2.24, 2.45) is 0 Å². The summed E-state index contributed by atoms with van der Waals surface area (Å²) in [6.07, 6.45) is 13.7. The lowest BCUT2D eigenvalue weighted by Crippen LogP contribution is -1.96. The highest BCUT2D eigenvalue weighted by Gasteiger charge is 2.07. The molecule has 90 valence electrons. The Labute approximate surface area is 105 Å². The molecule has 1 atom stereocenters. The summed E-state index contributed by atoms with van der Waals surface area (Å²) in [6.45, 7) is 5.90. The minimum atomic E-state index is 0.648. The van der Waals surface area contributed by atoms with Crippen molar-refractivity contribution < 1.29 is 0 Å². The van der Waals surface area contributed by atoms with E-state index in [0.717, 1.165) is 6.42 Å². The summed E-state index contributed by atoms with van der Waals surface area (Å²) < 4.78 is 0. The molecule has 0 aliphatic heterocycles. The number of allylic oxidation sites excluding steroid dienone is 5. The van der Waals surface area contributed by atoms with Gasteiger partial charge < -0.3 is 0 Å². The first kappa shape index (κ1) is 13.5. The zero-order chi connectivity index (χ0) is 12.3. The van der Waals surface area contributed by atoms with Crippen molar-refractivity contribution in [3.8, 4) is 0 Å². The van der Waals surface area contributed by atoms with Gasteiger partial charge in [-0.1, -0.05) is 80.6 Å². The van der Waals surface area contributed by atoms with Crippen LogP contribution in [0.2, 0.25) is 0 Å². The first-order valence-electron chi connectivity index (χ1n) is 6.37. The van der Waals surface area contributed by atoms with Crippen LogP contribution in [0.15, 0.2) is 67.3 Å². The molecule has 1 aromatic carbocycles. The van der Waals surface area contributed by atoms with Gasteiger partial charge in [0.1, 0.15) is 0 Å². The van der Waals surface area contributed by atoms with Crippen LogP contribution in [-0.2, 0) is 0 Å². The van der Waals surface area contributed by atoms with Crippen LogP contribution in [0.5, 0.6) is 0 Å². The van der Waals surface area contributed by atoms with E-state index in [-0.39, 0.29) is 0 Å². The van der Waals surface area contributed by atoms with E-state index in [4.69, 9.17) is 0 Å². The third-order valence-electron chi connectivity index (χ3n) is 2.82. The molecule has 1 aromatic rings. The smallest absolute Gasteiger partial charge is 0.0127 e. The second-order valence-corrected chi connectivity index (χ2v) is 4.18. The van der Waals surface area contributed by atoms with Crippen molar-refractivity contribution >= 4 is 0 Å². The zero-order valence-electron chi connectivity index (χ0n) is 10.7. The van der Waals surface area contributed by atoms with Gasteiger partial charge in [0.2, 0.25) is 0 Å². The molecular formula is C17H22. The molecule has 0 saturated carbocycles. The van der Waals surface area contributed by atoms with Crippen LogP contribution in [0.4, 0.5) is 0 Å². The van der Waals surface area contributed by atoms with Crippen molar-refractivity contribution in [3.05, 3.63) is 72.9 Å². The highest BCUT2D eigenvalue weighted by molar-refractivity contribution is 5.20. The van der Waals surface area contributed by atoms with Gasteiger partial charge in [-0.15, -0.1) is 0 Å². The molecular weight excluding hydrogens is 204 g/mol. The molecule has 0 N–H and O–H groups in total. The largest absolute Gasteiger partial charge is 0.0991 e. The minimum absolute atomic E-state index is 0.648. The van der Waals surface area contributed by atoms with Crippen molar-refractivity contribution in [2.45, 2.75) is 32.1 Å². The summed E-state index contributed by atoms with van der Waals surface area (Å²) in [4.78, 5) is 0. The Morgan fingerprint density at radius 2 is 1.88 bits per heavy atom. The fourth-order valence-electron chi connectivity index (χ4n) is 1.96. The molecule has 0 nitrogen and oxygen atoms in total. The fourth-order valence-corrected chi connectivity index (χ4v) is 1.96. The normalized spacial score (nSPS) is 13.2. The average molecular weight is 226 g/mol. The molecule has 1 rings (SSSR count). The molecule has 0 aliphatic rings. The zero-order valence-corrected chi connectivity index (χ0v) is 10.7. The molecule has 0 saturated heterocycles. The van der Waals surface area contributed by atoms with E-state index in [1.54, 1.807) is 6.08 Å². The van der Waals surface area contributed by atoms with Crippen LogP contribution < -0.4 is 0 Å². The Balaban J connectivity index is 2.58. The predicted octanol–water partition coefficient (Wildman–Crippen LogP) is 5.26. The Morgan fingerprint density at radius 3 is 2.53 bits per heavy atom. The van der Waals surface area contributed by atoms with Crippen LogP contribution >= 0.6 is 0 Å². The molecule has 0 fully saturated rings. The Bertz CT molecular complexity index is 357. The molecule has 0 radical (unpaired) electrons. The van der Waals surface area contributed by atoms with Gasteiger partial charge in [0, 0.05) is 0 Å². The van der Waals surface area contributed by atoms with Crippen molar-refractivity contribution in [1.82, 2.24) is 0 Å². The fraction of sp³-hybridized carbons (Fsp3) is 0.294. The van der Waals surface area contributed by atoms with Crippen LogP contribution in [0.3, 0.4) is 0 Å². The molecule has 0 spiro atoms. The van der Waals surface area contributed by atoms with Crippen LogP contribution in [0.1, 0.15) is 37.7 Å². The van der Waals surface area contributed by atoms with Crippen molar-refractivity contribution in [3.63, 3.8) is 0 Å². The van der Waals surface area contributed by atoms with E-state index in [2.05, 4.69) is 56.0 Å². The highest BCUT2D eigenvalue weighted by Crippen LogP contribution is 2.24. The lowest BCUT2D eigenvalue weighted by atomic mass is 9.91. The monoisotopic (exact) mass is 226 g/mol. The quantitative estimate of drug-likeness (QED) is 0.556. The lowest BCUT2D eigenvalue weighted by molar-refractivity contribution is 0.621. The number of benzene rings is 1. The summed E-state index contributed by atoms with van der Waals surface area (Å²) >= 11 is 0. The van der Waals surface area contributed by atoms with Gasteiger partial charge in [0.25, 0.3) is 0 Å². The summed E-state index contributed by atoms with van der Waals surface area (Å²) in [7, 11) is 0. The third-order valence-corrected chi connectivity index (χ3v) is 2.82. The van der Waals surface area contributed by atoms with E-state index in [1.165, 1.54) is 18.4 Å². The van der Waals surface area contributed by atoms with Gasteiger partial charge in [0.15, 0.2) is 0 Å². The maximum atomic E-state index is 3.65. The maximum absolute atomic E-state index is 3.65. The Morgan fingerprint density at radius 1 is 1.12 bits per heavy atom. The van der Waals surface area contributed by atoms with Crippen molar-refractivity contribution in [2.75, 3.05) is 0 Å². The van der Waals surface area contributed by atoms with Crippen LogP contribution in [-0.4, -0.2) is 0 Å². The molecule has 1 unspecified atom stereocenters. The van der Waals surface area contributed by atoms with E-state index in [1.807, 2.05) is 12.2 Å². The molecule has 0 heterocycles. The van der Waals surface area contributed by atoms with Crippen LogP contribution in [0.25, 0.3) is 0 Å². The predicted molar refractivity (Wildman–Crippen MR) is 77.2 cm³/mol. The molecule has 0 bridgehead atoms. The molecule has 0 aromatic heterocycles. The molecule has 17 heavy (non-hydrogen) atoms. The van der Waals surface area contributed by atoms with Gasteiger partial charge in [-0.3, -0.25) is 0 Å². The summed E-state index contributed by atoms with van der Waals surface area (Å²) in [5.74, 6) is 0.648. The number of rotatable bonds is 7. The van der Waals surface area contributed by atoms with E-state index in [0.29, 0.717) is 5.92 Å².